The molecule has 1 saturated heterocycles. The van der Waals surface area contributed by atoms with E-state index >= 15 is 0 Å². The average Bonchev–Trinajstić information content (AvgIpc) is 3.19. The Labute approximate surface area is 127 Å². The smallest absolute Gasteiger partial charge is 0.235 e. The monoisotopic (exact) mass is 308 g/mol. The molecule has 6 heteroatoms. The summed E-state index contributed by atoms with van der Waals surface area (Å²) in [5.74, 6) is -0.664. The molecule has 1 aliphatic heterocycles. The molecular formula is C16H18F2N2O2. The highest BCUT2D eigenvalue weighted by Crippen LogP contribution is 2.34. The van der Waals surface area contributed by atoms with Crippen molar-refractivity contribution in [2.75, 3.05) is 13.1 Å². The molecule has 1 aromatic heterocycles. The van der Waals surface area contributed by atoms with E-state index in [4.69, 9.17) is 9.15 Å². The number of benzene rings is 1. The fourth-order valence-electron chi connectivity index (χ4n) is 2.79. The van der Waals surface area contributed by atoms with Gasteiger partial charge < -0.3 is 14.5 Å². The van der Waals surface area contributed by atoms with E-state index in [1.165, 1.54) is 18.5 Å². The van der Waals surface area contributed by atoms with Gasteiger partial charge in [0.05, 0.1) is 6.20 Å². The molecule has 1 N–H and O–H groups in total. The lowest BCUT2D eigenvalue weighted by molar-refractivity contribution is 0.108. The molecule has 4 nitrogen and oxygen atoms in total. The van der Waals surface area contributed by atoms with Gasteiger partial charge in [-0.25, -0.2) is 13.8 Å². The van der Waals surface area contributed by atoms with Crippen LogP contribution in [0.15, 0.2) is 29.0 Å². The number of hydrogen-bond donors (Lipinski definition) is 1. The Balaban J connectivity index is 1.94. The van der Waals surface area contributed by atoms with Crippen LogP contribution < -0.4 is 10.1 Å². The number of aryl methyl sites for hydroxylation is 1. The van der Waals surface area contributed by atoms with Gasteiger partial charge in [-0.1, -0.05) is 6.92 Å². The van der Waals surface area contributed by atoms with Gasteiger partial charge in [-0.2, -0.15) is 0 Å². The van der Waals surface area contributed by atoms with Gasteiger partial charge in [0.2, 0.25) is 5.89 Å². The lowest BCUT2D eigenvalue weighted by Crippen LogP contribution is -2.22. The quantitative estimate of drug-likeness (QED) is 0.921. The zero-order valence-electron chi connectivity index (χ0n) is 12.3. The predicted molar refractivity (Wildman–Crippen MR) is 76.6 cm³/mol. The molecule has 2 unspecified atom stereocenters. The maximum absolute atomic E-state index is 14.2. The maximum atomic E-state index is 14.2. The Hall–Kier alpha value is -1.95. The van der Waals surface area contributed by atoms with Crippen molar-refractivity contribution in [3.05, 3.63) is 47.7 Å². The number of nitrogens with zero attached hydrogens (tertiary/aromatic N) is 1. The zero-order valence-corrected chi connectivity index (χ0v) is 12.3. The standard InChI is InChI=1S/C16H18F2N2O2/c1-2-10-7-12(17)8-13(18)14(10)22-15(11-3-4-19-9-11)16-20-5-6-21-16/h5-8,11,15,19H,2-4,9H2,1H3. The summed E-state index contributed by atoms with van der Waals surface area (Å²) in [6.45, 7) is 3.45. The molecule has 0 radical (unpaired) electrons. The van der Waals surface area contributed by atoms with Crippen LogP contribution in [0.5, 0.6) is 5.75 Å². The SMILES string of the molecule is CCc1cc(F)cc(F)c1OC(c1ncco1)C1CCNC1. The predicted octanol–water partition coefficient (Wildman–Crippen LogP) is 3.24. The second-order valence-electron chi connectivity index (χ2n) is 5.39. The van der Waals surface area contributed by atoms with Crippen molar-refractivity contribution < 1.29 is 17.9 Å². The van der Waals surface area contributed by atoms with E-state index in [0.717, 1.165) is 25.6 Å². The van der Waals surface area contributed by atoms with Crippen molar-refractivity contribution in [1.29, 1.82) is 0 Å². The highest BCUT2D eigenvalue weighted by atomic mass is 19.1. The molecule has 0 amide bonds. The molecule has 0 bridgehead atoms. The molecule has 3 rings (SSSR count). The van der Waals surface area contributed by atoms with Crippen LogP contribution in [-0.4, -0.2) is 18.1 Å². The Bertz CT molecular complexity index is 625. The molecular weight excluding hydrogens is 290 g/mol. The van der Waals surface area contributed by atoms with Gasteiger partial charge >= 0.3 is 0 Å². The van der Waals surface area contributed by atoms with Crippen LogP contribution in [0.4, 0.5) is 8.78 Å². The van der Waals surface area contributed by atoms with Gasteiger partial charge in [0.15, 0.2) is 17.7 Å². The molecule has 2 atom stereocenters. The van der Waals surface area contributed by atoms with Gasteiger partial charge in [0.25, 0.3) is 0 Å². The largest absolute Gasteiger partial charge is 0.477 e. The van der Waals surface area contributed by atoms with E-state index in [2.05, 4.69) is 10.3 Å². The van der Waals surface area contributed by atoms with E-state index < -0.39 is 17.7 Å². The van der Waals surface area contributed by atoms with Gasteiger partial charge in [0.1, 0.15) is 12.1 Å². The third kappa shape index (κ3) is 2.97. The normalized spacial score (nSPS) is 19.3. The van der Waals surface area contributed by atoms with Gasteiger partial charge in [-0.05, 0) is 31.0 Å². The number of aromatic nitrogens is 1. The van der Waals surface area contributed by atoms with Gasteiger partial charge in [0, 0.05) is 18.5 Å². The third-order valence-electron chi connectivity index (χ3n) is 3.93. The first-order valence-electron chi connectivity index (χ1n) is 7.43. The van der Waals surface area contributed by atoms with Crippen molar-refractivity contribution in [2.24, 2.45) is 5.92 Å². The van der Waals surface area contributed by atoms with Crippen molar-refractivity contribution in [2.45, 2.75) is 25.9 Å². The Morgan fingerprint density at radius 3 is 2.95 bits per heavy atom. The summed E-state index contributed by atoms with van der Waals surface area (Å²) in [6, 6.07) is 2.14. The Morgan fingerprint density at radius 2 is 2.32 bits per heavy atom. The van der Waals surface area contributed by atoms with Crippen LogP contribution >= 0.6 is 0 Å². The molecule has 1 aliphatic rings. The molecule has 1 aromatic carbocycles. The second kappa shape index (κ2) is 6.44. The van der Waals surface area contributed by atoms with Crippen molar-refractivity contribution in [3.63, 3.8) is 0 Å². The van der Waals surface area contributed by atoms with Crippen molar-refractivity contribution in [1.82, 2.24) is 10.3 Å². The molecule has 0 saturated carbocycles. The summed E-state index contributed by atoms with van der Waals surface area (Å²) < 4.78 is 38.8. The number of halogens is 2. The number of ether oxygens (including phenoxy) is 1. The summed E-state index contributed by atoms with van der Waals surface area (Å²) in [7, 11) is 0. The van der Waals surface area contributed by atoms with E-state index in [0.29, 0.717) is 17.9 Å². The third-order valence-corrected chi connectivity index (χ3v) is 3.93. The van der Waals surface area contributed by atoms with Crippen LogP contribution in [0.25, 0.3) is 0 Å². The highest BCUT2D eigenvalue weighted by Gasteiger charge is 2.32. The summed E-state index contributed by atoms with van der Waals surface area (Å²) in [5.41, 5.74) is 0.500. The lowest BCUT2D eigenvalue weighted by Gasteiger charge is -2.23. The summed E-state index contributed by atoms with van der Waals surface area (Å²) in [4.78, 5) is 4.14. The van der Waals surface area contributed by atoms with E-state index in [9.17, 15) is 8.78 Å². The van der Waals surface area contributed by atoms with Crippen molar-refractivity contribution in [3.8, 4) is 5.75 Å². The van der Waals surface area contributed by atoms with Gasteiger partial charge in [-0.15, -0.1) is 0 Å². The highest BCUT2D eigenvalue weighted by molar-refractivity contribution is 5.36. The van der Waals surface area contributed by atoms with E-state index in [1.54, 1.807) is 0 Å². The molecule has 0 aliphatic carbocycles. The second-order valence-corrected chi connectivity index (χ2v) is 5.39. The first-order chi connectivity index (χ1) is 10.7. The molecule has 0 spiro atoms. The summed E-state index contributed by atoms with van der Waals surface area (Å²) in [6.07, 6.45) is 3.88. The molecule has 118 valence electrons. The van der Waals surface area contributed by atoms with Crippen LogP contribution in [0.3, 0.4) is 0 Å². The zero-order chi connectivity index (χ0) is 15.5. The Morgan fingerprint density at radius 1 is 1.45 bits per heavy atom. The minimum Gasteiger partial charge on any atom is -0.477 e. The van der Waals surface area contributed by atoms with Gasteiger partial charge in [-0.3, -0.25) is 0 Å². The number of hydrogen-bond acceptors (Lipinski definition) is 4. The molecule has 2 heterocycles. The Kier molecular flexibility index (Phi) is 4.38. The van der Waals surface area contributed by atoms with Crippen LogP contribution in [0.1, 0.15) is 30.9 Å². The van der Waals surface area contributed by atoms with E-state index in [-0.39, 0.29) is 11.7 Å². The molecule has 2 aromatic rings. The number of rotatable bonds is 5. The summed E-state index contributed by atoms with van der Waals surface area (Å²) >= 11 is 0. The number of oxazole rings is 1. The average molecular weight is 308 g/mol. The topological polar surface area (TPSA) is 47.3 Å². The first-order valence-corrected chi connectivity index (χ1v) is 7.43. The van der Waals surface area contributed by atoms with Crippen LogP contribution in [0, 0.1) is 17.6 Å². The first kappa shape index (κ1) is 15.0. The van der Waals surface area contributed by atoms with Crippen LogP contribution in [0.2, 0.25) is 0 Å². The number of nitrogens with one attached hydrogen (secondary N) is 1. The fourth-order valence-corrected chi connectivity index (χ4v) is 2.79. The van der Waals surface area contributed by atoms with Crippen LogP contribution in [-0.2, 0) is 6.42 Å². The maximum Gasteiger partial charge on any atom is 0.235 e. The van der Waals surface area contributed by atoms with E-state index in [1.807, 2.05) is 6.92 Å². The fraction of sp³-hybridized carbons (Fsp3) is 0.438. The minimum atomic E-state index is -0.695. The molecule has 22 heavy (non-hydrogen) atoms. The lowest BCUT2D eigenvalue weighted by atomic mass is 10.0. The summed E-state index contributed by atoms with van der Waals surface area (Å²) in [5, 5.41) is 3.25. The minimum absolute atomic E-state index is 0.0824. The molecule has 1 fully saturated rings. The van der Waals surface area contributed by atoms with Crippen molar-refractivity contribution >= 4 is 0 Å².